The minimum atomic E-state index is 0.542. The van der Waals surface area contributed by atoms with Gasteiger partial charge in [-0.05, 0) is 37.6 Å². The first-order valence-electron chi connectivity index (χ1n) is 5.17. The maximum Gasteiger partial charge on any atom is 0.0362 e. The lowest BCUT2D eigenvalue weighted by molar-refractivity contribution is 0.764. The number of nitrogens with zero attached hydrogens (tertiary/aromatic N) is 1. The first kappa shape index (κ1) is 10.9. The summed E-state index contributed by atoms with van der Waals surface area (Å²) in [5, 5.41) is 3.44. The Kier molecular flexibility index (Phi) is 3.81. The molecule has 78 valence electrons. The summed E-state index contributed by atoms with van der Waals surface area (Å²) in [5.74, 6) is 0. The van der Waals surface area contributed by atoms with Gasteiger partial charge in [0.25, 0.3) is 0 Å². The van der Waals surface area contributed by atoms with Crippen molar-refractivity contribution in [2.45, 2.75) is 26.3 Å². The third-order valence-corrected chi connectivity index (χ3v) is 2.41. The normalized spacial score (nSPS) is 12.3. The Morgan fingerprint density at radius 1 is 1.21 bits per heavy atom. The van der Waals surface area contributed by atoms with Crippen LogP contribution in [0.25, 0.3) is 0 Å². The van der Waals surface area contributed by atoms with Crippen molar-refractivity contribution in [2.75, 3.05) is 24.3 Å². The minimum absolute atomic E-state index is 0.542. The van der Waals surface area contributed by atoms with E-state index in [0.717, 1.165) is 6.42 Å². The first-order chi connectivity index (χ1) is 6.63. The van der Waals surface area contributed by atoms with Gasteiger partial charge in [-0.15, -0.1) is 0 Å². The molecular formula is C12H20N2. The summed E-state index contributed by atoms with van der Waals surface area (Å²) < 4.78 is 0. The zero-order valence-corrected chi connectivity index (χ0v) is 9.54. The van der Waals surface area contributed by atoms with Crippen LogP contribution in [0.1, 0.15) is 20.3 Å². The van der Waals surface area contributed by atoms with Crippen molar-refractivity contribution in [3.8, 4) is 0 Å². The summed E-state index contributed by atoms with van der Waals surface area (Å²) in [5.41, 5.74) is 2.43. The maximum atomic E-state index is 3.44. The molecule has 1 unspecified atom stereocenters. The minimum Gasteiger partial charge on any atom is -0.383 e. The molecule has 1 rings (SSSR count). The van der Waals surface area contributed by atoms with E-state index in [2.05, 4.69) is 62.4 Å². The quantitative estimate of drug-likeness (QED) is 0.789. The Bertz CT molecular complexity index is 264. The van der Waals surface area contributed by atoms with Crippen LogP contribution in [-0.2, 0) is 0 Å². The van der Waals surface area contributed by atoms with Crippen LogP contribution in [0.3, 0.4) is 0 Å². The number of hydrogen-bond donors (Lipinski definition) is 1. The van der Waals surface area contributed by atoms with Crippen LogP contribution in [0.4, 0.5) is 11.4 Å². The van der Waals surface area contributed by atoms with E-state index in [1.54, 1.807) is 0 Å². The van der Waals surface area contributed by atoms with Crippen molar-refractivity contribution in [2.24, 2.45) is 0 Å². The molecule has 0 aliphatic carbocycles. The van der Waals surface area contributed by atoms with Crippen molar-refractivity contribution in [3.05, 3.63) is 24.3 Å². The van der Waals surface area contributed by atoms with Gasteiger partial charge < -0.3 is 10.2 Å². The second kappa shape index (κ2) is 4.89. The molecule has 0 amide bonds. The molecule has 0 aliphatic heterocycles. The molecule has 14 heavy (non-hydrogen) atoms. The number of anilines is 2. The highest BCUT2D eigenvalue weighted by molar-refractivity contribution is 5.54. The fourth-order valence-corrected chi connectivity index (χ4v) is 1.24. The highest BCUT2D eigenvalue weighted by Crippen LogP contribution is 2.16. The maximum absolute atomic E-state index is 3.44. The molecule has 0 aromatic heterocycles. The van der Waals surface area contributed by atoms with Gasteiger partial charge in [-0.3, -0.25) is 0 Å². The van der Waals surface area contributed by atoms with Crippen LogP contribution < -0.4 is 10.2 Å². The Morgan fingerprint density at radius 2 is 1.79 bits per heavy atom. The molecule has 0 aliphatic rings. The fraction of sp³-hybridized carbons (Fsp3) is 0.500. The van der Waals surface area contributed by atoms with Gasteiger partial charge in [0, 0.05) is 31.5 Å². The molecule has 1 aromatic rings. The molecule has 0 heterocycles. The lowest BCUT2D eigenvalue weighted by Crippen LogP contribution is -2.13. The van der Waals surface area contributed by atoms with E-state index >= 15 is 0 Å². The summed E-state index contributed by atoms with van der Waals surface area (Å²) >= 11 is 0. The average molecular weight is 192 g/mol. The fourth-order valence-electron chi connectivity index (χ4n) is 1.24. The Morgan fingerprint density at radius 3 is 2.21 bits per heavy atom. The lowest BCUT2D eigenvalue weighted by atomic mass is 10.2. The molecule has 1 N–H and O–H groups in total. The predicted molar refractivity (Wildman–Crippen MR) is 64.1 cm³/mol. The molecule has 2 heteroatoms. The van der Waals surface area contributed by atoms with Crippen LogP contribution in [0.5, 0.6) is 0 Å². The van der Waals surface area contributed by atoms with Crippen LogP contribution in [0.2, 0.25) is 0 Å². The molecule has 2 nitrogen and oxygen atoms in total. The van der Waals surface area contributed by atoms with Gasteiger partial charge in [0.2, 0.25) is 0 Å². The van der Waals surface area contributed by atoms with Crippen molar-refractivity contribution < 1.29 is 0 Å². The van der Waals surface area contributed by atoms with Gasteiger partial charge in [-0.1, -0.05) is 6.92 Å². The summed E-state index contributed by atoms with van der Waals surface area (Å²) in [7, 11) is 4.11. The molecule has 1 atom stereocenters. The highest BCUT2D eigenvalue weighted by Gasteiger charge is 1.99. The molecule has 0 bridgehead atoms. The van der Waals surface area contributed by atoms with Crippen molar-refractivity contribution in [1.29, 1.82) is 0 Å². The number of benzene rings is 1. The van der Waals surface area contributed by atoms with E-state index in [4.69, 9.17) is 0 Å². The third-order valence-electron chi connectivity index (χ3n) is 2.41. The topological polar surface area (TPSA) is 15.3 Å². The molecule has 0 fully saturated rings. The van der Waals surface area contributed by atoms with E-state index in [-0.39, 0.29) is 0 Å². The van der Waals surface area contributed by atoms with E-state index in [9.17, 15) is 0 Å². The second-order valence-electron chi connectivity index (χ2n) is 3.89. The summed E-state index contributed by atoms with van der Waals surface area (Å²) in [6.07, 6.45) is 1.15. The molecule has 0 saturated heterocycles. The molecule has 1 aromatic carbocycles. The lowest BCUT2D eigenvalue weighted by Gasteiger charge is -2.15. The van der Waals surface area contributed by atoms with Gasteiger partial charge >= 0.3 is 0 Å². The Hall–Kier alpha value is -1.18. The Balaban J connectivity index is 2.64. The van der Waals surface area contributed by atoms with Gasteiger partial charge in [-0.25, -0.2) is 0 Å². The summed E-state index contributed by atoms with van der Waals surface area (Å²) in [6, 6.07) is 9.05. The number of nitrogens with one attached hydrogen (secondary N) is 1. The SMILES string of the molecule is CCC(C)Nc1ccc(N(C)C)cc1. The van der Waals surface area contributed by atoms with Gasteiger partial charge in [0.05, 0.1) is 0 Å². The van der Waals surface area contributed by atoms with E-state index in [1.165, 1.54) is 11.4 Å². The van der Waals surface area contributed by atoms with Crippen molar-refractivity contribution in [1.82, 2.24) is 0 Å². The van der Waals surface area contributed by atoms with Crippen LogP contribution >= 0.6 is 0 Å². The highest BCUT2D eigenvalue weighted by atomic mass is 15.1. The predicted octanol–water partition coefficient (Wildman–Crippen LogP) is 2.96. The average Bonchev–Trinajstić information content (AvgIpc) is 2.18. The van der Waals surface area contributed by atoms with Crippen LogP contribution in [-0.4, -0.2) is 20.1 Å². The summed E-state index contributed by atoms with van der Waals surface area (Å²) in [6.45, 7) is 4.38. The van der Waals surface area contributed by atoms with E-state index in [1.807, 2.05) is 0 Å². The van der Waals surface area contributed by atoms with Gasteiger partial charge in [-0.2, -0.15) is 0 Å². The van der Waals surface area contributed by atoms with Gasteiger partial charge in [0.15, 0.2) is 0 Å². The molecular weight excluding hydrogens is 172 g/mol. The standard InChI is InChI=1S/C12H20N2/c1-5-10(2)13-11-6-8-12(9-7-11)14(3)4/h6-10,13H,5H2,1-4H3. The monoisotopic (exact) mass is 192 g/mol. The Labute approximate surface area is 86.9 Å². The summed E-state index contributed by atoms with van der Waals surface area (Å²) in [4.78, 5) is 2.10. The second-order valence-corrected chi connectivity index (χ2v) is 3.89. The van der Waals surface area contributed by atoms with Crippen molar-refractivity contribution >= 4 is 11.4 Å². The van der Waals surface area contributed by atoms with Crippen molar-refractivity contribution in [3.63, 3.8) is 0 Å². The first-order valence-corrected chi connectivity index (χ1v) is 5.17. The van der Waals surface area contributed by atoms with Crippen LogP contribution in [0.15, 0.2) is 24.3 Å². The number of rotatable bonds is 4. The zero-order valence-electron chi connectivity index (χ0n) is 9.54. The largest absolute Gasteiger partial charge is 0.383 e. The number of hydrogen-bond acceptors (Lipinski definition) is 2. The van der Waals surface area contributed by atoms with Gasteiger partial charge in [0.1, 0.15) is 0 Å². The van der Waals surface area contributed by atoms with E-state index in [0.29, 0.717) is 6.04 Å². The molecule has 0 saturated carbocycles. The van der Waals surface area contributed by atoms with Crippen LogP contribution in [0, 0.1) is 0 Å². The molecule has 0 spiro atoms. The molecule has 0 radical (unpaired) electrons. The third kappa shape index (κ3) is 2.95. The zero-order chi connectivity index (χ0) is 10.6. The smallest absolute Gasteiger partial charge is 0.0362 e. The van der Waals surface area contributed by atoms with E-state index < -0.39 is 0 Å².